The van der Waals surface area contributed by atoms with E-state index in [1.165, 1.54) is 0 Å². The molecule has 1 aliphatic rings. The van der Waals surface area contributed by atoms with Gasteiger partial charge in [-0.3, -0.25) is 9.89 Å². The van der Waals surface area contributed by atoms with Gasteiger partial charge in [0.25, 0.3) is 5.91 Å². The highest BCUT2D eigenvalue weighted by molar-refractivity contribution is 5.92. The zero-order chi connectivity index (χ0) is 20.0. The van der Waals surface area contributed by atoms with Crippen molar-refractivity contribution < 1.29 is 14.3 Å². The van der Waals surface area contributed by atoms with Crippen LogP contribution in [0, 0.1) is 11.8 Å². The highest BCUT2D eigenvalue weighted by Gasteiger charge is 2.27. The largest absolute Gasteiger partial charge is 0.444 e. The molecule has 2 heterocycles. The minimum atomic E-state index is -0.476. The lowest BCUT2D eigenvalue weighted by molar-refractivity contribution is 0.0161. The molecule has 0 spiro atoms. The molecule has 1 aromatic heterocycles. The fraction of sp³-hybridized carbons (Fsp3) is 0.750. The van der Waals surface area contributed by atoms with E-state index in [2.05, 4.69) is 29.4 Å². The van der Waals surface area contributed by atoms with Gasteiger partial charge >= 0.3 is 6.09 Å². The Kier molecular flexibility index (Phi) is 7.27. The number of piperidine rings is 1. The van der Waals surface area contributed by atoms with Gasteiger partial charge in [0, 0.05) is 25.3 Å². The molecule has 2 rings (SSSR count). The minimum absolute atomic E-state index is 0.152. The number of hydrogen-bond acceptors (Lipinski definition) is 4. The average molecular weight is 379 g/mol. The van der Waals surface area contributed by atoms with Gasteiger partial charge in [0.15, 0.2) is 0 Å². The van der Waals surface area contributed by atoms with Gasteiger partial charge in [0.1, 0.15) is 11.3 Å². The molecule has 0 radical (unpaired) electrons. The molecule has 152 valence electrons. The quantitative estimate of drug-likeness (QED) is 0.794. The molecule has 27 heavy (non-hydrogen) atoms. The molecule has 1 fully saturated rings. The third-order valence-electron chi connectivity index (χ3n) is 4.50. The topological polar surface area (TPSA) is 87.3 Å². The van der Waals surface area contributed by atoms with Gasteiger partial charge in [-0.15, -0.1) is 0 Å². The summed E-state index contributed by atoms with van der Waals surface area (Å²) >= 11 is 0. The molecule has 7 heteroatoms. The standard InChI is InChI=1S/C20H34N4O3/c1-14(2)11-16-12-17(23-22-16)18(25)21-9-8-15-7-6-10-24(13-15)19(26)27-20(3,4)5/h12,14-15H,6-11,13H2,1-5H3,(H,21,25)(H,22,23). The van der Waals surface area contributed by atoms with Gasteiger partial charge in [0.2, 0.25) is 0 Å². The number of amides is 2. The Hall–Kier alpha value is -2.05. The average Bonchev–Trinajstić information content (AvgIpc) is 3.01. The molecule has 0 aliphatic carbocycles. The van der Waals surface area contributed by atoms with E-state index in [1.54, 1.807) is 4.90 Å². The molecule has 1 atom stereocenters. The van der Waals surface area contributed by atoms with Gasteiger partial charge in [-0.05, 0) is 64.4 Å². The van der Waals surface area contributed by atoms with Crippen LogP contribution < -0.4 is 5.32 Å². The predicted octanol–water partition coefficient (Wildman–Crippen LogP) is 3.38. The molecular formula is C20H34N4O3. The number of H-pyrrole nitrogens is 1. The van der Waals surface area contributed by atoms with E-state index in [4.69, 9.17) is 4.74 Å². The van der Waals surface area contributed by atoms with Crippen molar-refractivity contribution in [2.45, 2.75) is 65.9 Å². The van der Waals surface area contributed by atoms with Crippen molar-refractivity contribution in [1.29, 1.82) is 0 Å². The molecular weight excluding hydrogens is 344 g/mol. The summed E-state index contributed by atoms with van der Waals surface area (Å²) in [7, 11) is 0. The zero-order valence-electron chi connectivity index (χ0n) is 17.3. The predicted molar refractivity (Wildman–Crippen MR) is 105 cm³/mol. The Bertz CT molecular complexity index is 633. The van der Waals surface area contributed by atoms with E-state index in [9.17, 15) is 9.59 Å². The molecule has 0 saturated carbocycles. The Morgan fingerprint density at radius 3 is 2.81 bits per heavy atom. The Labute approximate surface area is 162 Å². The summed E-state index contributed by atoms with van der Waals surface area (Å²) in [6.07, 6.45) is 3.51. The first-order valence-electron chi connectivity index (χ1n) is 9.94. The normalized spacial score (nSPS) is 17.9. The first-order chi connectivity index (χ1) is 12.6. The number of nitrogens with zero attached hydrogens (tertiary/aromatic N) is 2. The maximum atomic E-state index is 12.2. The summed E-state index contributed by atoms with van der Waals surface area (Å²) < 4.78 is 5.46. The van der Waals surface area contributed by atoms with E-state index in [1.807, 2.05) is 26.8 Å². The van der Waals surface area contributed by atoms with Crippen LogP contribution >= 0.6 is 0 Å². The Balaban J connectivity index is 1.75. The van der Waals surface area contributed by atoms with Crippen LogP contribution in [0.4, 0.5) is 4.79 Å². The summed E-state index contributed by atoms with van der Waals surface area (Å²) in [6, 6.07) is 1.82. The molecule has 2 N–H and O–H groups in total. The molecule has 1 aromatic rings. The van der Waals surface area contributed by atoms with Crippen LogP contribution in [-0.2, 0) is 11.2 Å². The second-order valence-corrected chi connectivity index (χ2v) is 8.86. The Morgan fingerprint density at radius 2 is 2.15 bits per heavy atom. The second-order valence-electron chi connectivity index (χ2n) is 8.86. The summed E-state index contributed by atoms with van der Waals surface area (Å²) in [5.74, 6) is 0.740. The first kappa shape index (κ1) is 21.3. The maximum absolute atomic E-state index is 12.2. The van der Waals surface area contributed by atoms with Crippen molar-refractivity contribution in [2.24, 2.45) is 11.8 Å². The van der Waals surface area contributed by atoms with Crippen molar-refractivity contribution >= 4 is 12.0 Å². The lowest BCUT2D eigenvalue weighted by Gasteiger charge is -2.34. The minimum Gasteiger partial charge on any atom is -0.444 e. The van der Waals surface area contributed by atoms with Crippen molar-refractivity contribution in [3.8, 4) is 0 Å². The van der Waals surface area contributed by atoms with E-state index in [0.29, 0.717) is 30.6 Å². The first-order valence-corrected chi connectivity index (χ1v) is 9.94. The molecule has 1 aliphatic heterocycles. The van der Waals surface area contributed by atoms with Crippen LogP contribution in [0.15, 0.2) is 6.07 Å². The van der Waals surface area contributed by atoms with E-state index in [0.717, 1.165) is 37.9 Å². The number of aromatic amines is 1. The number of aromatic nitrogens is 2. The van der Waals surface area contributed by atoms with Crippen molar-refractivity contribution in [2.75, 3.05) is 19.6 Å². The lowest BCUT2D eigenvalue weighted by Crippen LogP contribution is -2.43. The van der Waals surface area contributed by atoms with Crippen molar-refractivity contribution in [1.82, 2.24) is 20.4 Å². The van der Waals surface area contributed by atoms with Crippen molar-refractivity contribution in [3.63, 3.8) is 0 Å². The summed E-state index contributed by atoms with van der Waals surface area (Å²) in [5, 5.41) is 9.96. The highest BCUT2D eigenvalue weighted by atomic mass is 16.6. The number of carbonyl (C=O) groups is 2. The van der Waals surface area contributed by atoms with Gasteiger partial charge in [-0.2, -0.15) is 5.10 Å². The third-order valence-corrected chi connectivity index (χ3v) is 4.50. The van der Waals surface area contributed by atoms with Gasteiger partial charge in [-0.25, -0.2) is 4.79 Å². The number of likely N-dealkylation sites (tertiary alicyclic amines) is 1. The van der Waals surface area contributed by atoms with Crippen molar-refractivity contribution in [3.05, 3.63) is 17.5 Å². The number of rotatable bonds is 6. The van der Waals surface area contributed by atoms with Crippen LogP contribution in [0.5, 0.6) is 0 Å². The SMILES string of the molecule is CC(C)Cc1cc(C(=O)NCCC2CCCN(C(=O)OC(C)(C)C)C2)n[nH]1. The van der Waals surface area contributed by atoms with Crippen LogP contribution in [0.3, 0.4) is 0 Å². The fourth-order valence-corrected chi connectivity index (χ4v) is 3.30. The smallest absolute Gasteiger partial charge is 0.410 e. The maximum Gasteiger partial charge on any atom is 0.410 e. The summed E-state index contributed by atoms with van der Waals surface area (Å²) in [6.45, 7) is 11.9. The number of carbonyl (C=O) groups excluding carboxylic acids is 2. The monoisotopic (exact) mass is 378 g/mol. The Morgan fingerprint density at radius 1 is 1.41 bits per heavy atom. The summed E-state index contributed by atoms with van der Waals surface area (Å²) in [5.41, 5.74) is 0.941. The van der Waals surface area contributed by atoms with Crippen LogP contribution in [0.1, 0.15) is 70.1 Å². The van der Waals surface area contributed by atoms with Gasteiger partial charge in [0.05, 0.1) is 0 Å². The number of nitrogens with one attached hydrogen (secondary N) is 2. The van der Waals surface area contributed by atoms with E-state index < -0.39 is 5.60 Å². The van der Waals surface area contributed by atoms with E-state index >= 15 is 0 Å². The zero-order valence-corrected chi connectivity index (χ0v) is 17.3. The number of hydrogen-bond donors (Lipinski definition) is 2. The molecule has 0 aromatic carbocycles. The van der Waals surface area contributed by atoms with Gasteiger partial charge < -0.3 is 15.0 Å². The lowest BCUT2D eigenvalue weighted by atomic mass is 9.95. The second kappa shape index (κ2) is 9.24. The molecule has 2 amide bonds. The molecule has 7 nitrogen and oxygen atoms in total. The number of ether oxygens (including phenoxy) is 1. The van der Waals surface area contributed by atoms with Crippen LogP contribution in [0.2, 0.25) is 0 Å². The van der Waals surface area contributed by atoms with Gasteiger partial charge in [-0.1, -0.05) is 13.8 Å². The molecule has 0 bridgehead atoms. The highest BCUT2D eigenvalue weighted by Crippen LogP contribution is 2.21. The van der Waals surface area contributed by atoms with Crippen LogP contribution in [0.25, 0.3) is 0 Å². The summed E-state index contributed by atoms with van der Waals surface area (Å²) in [4.78, 5) is 26.2. The molecule has 1 unspecified atom stereocenters. The third kappa shape index (κ3) is 7.23. The van der Waals surface area contributed by atoms with Crippen LogP contribution in [-0.4, -0.2) is 52.3 Å². The van der Waals surface area contributed by atoms with E-state index in [-0.39, 0.29) is 12.0 Å². The molecule has 1 saturated heterocycles. The fourth-order valence-electron chi connectivity index (χ4n) is 3.30.